The zero-order valence-corrected chi connectivity index (χ0v) is 16.6. The first-order valence-electron chi connectivity index (χ1n) is 10.2. The molecule has 2 fully saturated rings. The van der Waals surface area contributed by atoms with Gasteiger partial charge in [0.05, 0.1) is 30.8 Å². The van der Waals surface area contributed by atoms with Gasteiger partial charge in [0, 0.05) is 31.7 Å². The van der Waals surface area contributed by atoms with Gasteiger partial charge in [0.25, 0.3) is 0 Å². The monoisotopic (exact) mass is 400 g/mol. The zero-order chi connectivity index (χ0) is 20.2. The van der Waals surface area contributed by atoms with Crippen molar-refractivity contribution >= 4 is 22.9 Å². The van der Waals surface area contributed by atoms with Crippen molar-refractivity contribution in [1.82, 2.24) is 4.90 Å². The van der Waals surface area contributed by atoms with E-state index in [1.807, 2.05) is 4.90 Å². The van der Waals surface area contributed by atoms with Gasteiger partial charge in [0.1, 0.15) is 12.4 Å². The minimum atomic E-state index is -0.0785. The smallest absolute Gasteiger partial charge is 0.200 e. The maximum Gasteiger partial charge on any atom is 0.200 e. The fourth-order valence-electron chi connectivity index (χ4n) is 4.14. The normalized spacial score (nSPS) is 20.3. The lowest BCUT2D eigenvalue weighted by atomic mass is 10.1. The summed E-state index contributed by atoms with van der Waals surface area (Å²) in [5, 5.41) is 9.98. The van der Waals surface area contributed by atoms with Crippen molar-refractivity contribution in [2.45, 2.75) is 18.9 Å². The highest BCUT2D eigenvalue weighted by Crippen LogP contribution is 2.30. The molecule has 2 aliphatic rings. The zero-order valence-electron chi connectivity index (χ0n) is 16.6. The van der Waals surface area contributed by atoms with Gasteiger partial charge in [-0.2, -0.15) is 0 Å². The van der Waals surface area contributed by atoms with E-state index < -0.39 is 0 Å². The van der Waals surface area contributed by atoms with E-state index >= 15 is 0 Å². The highest BCUT2D eigenvalue weighted by molar-refractivity contribution is 5.88. The molecule has 0 bridgehead atoms. The second kappa shape index (κ2) is 8.98. The average Bonchev–Trinajstić information content (AvgIpc) is 3.21. The Balaban J connectivity index is 1.57. The minimum absolute atomic E-state index is 0.0785. The first-order chi connectivity index (χ1) is 14.2. The molecule has 0 aliphatic carbocycles. The number of morpholine rings is 1. The number of nitrogens with zero attached hydrogens (tertiary/aromatic N) is 2. The molecule has 4 rings (SSSR count). The van der Waals surface area contributed by atoms with Gasteiger partial charge in [-0.15, -0.1) is 0 Å². The van der Waals surface area contributed by atoms with E-state index in [4.69, 9.17) is 13.9 Å². The van der Waals surface area contributed by atoms with Crippen molar-refractivity contribution in [2.24, 2.45) is 0 Å². The molecule has 1 atom stereocenters. The fraction of sp³-hybridized carbons (Fsp3) is 0.500. The molecule has 1 N–H and O–H groups in total. The van der Waals surface area contributed by atoms with Gasteiger partial charge in [0.2, 0.25) is 0 Å². The summed E-state index contributed by atoms with van der Waals surface area (Å²) in [6, 6.07) is 5.32. The minimum Gasteiger partial charge on any atom is -0.491 e. The lowest BCUT2D eigenvalue weighted by Crippen LogP contribution is -2.36. The van der Waals surface area contributed by atoms with Gasteiger partial charge in [-0.25, -0.2) is 0 Å². The first-order valence-corrected chi connectivity index (χ1v) is 10.2. The molecular weight excluding hydrogens is 372 g/mol. The maximum atomic E-state index is 12.7. The molecule has 2 aliphatic heterocycles. The van der Waals surface area contributed by atoms with Crippen LogP contribution in [0.2, 0.25) is 0 Å². The van der Waals surface area contributed by atoms with E-state index in [0.717, 1.165) is 25.9 Å². The van der Waals surface area contributed by atoms with E-state index in [1.54, 1.807) is 24.3 Å². The molecule has 29 heavy (non-hydrogen) atoms. The molecule has 156 valence electrons. The third-order valence-electron chi connectivity index (χ3n) is 5.76. The van der Waals surface area contributed by atoms with Crippen LogP contribution < -0.4 is 15.1 Å². The van der Waals surface area contributed by atoms with Crippen LogP contribution in [0.5, 0.6) is 5.75 Å². The number of likely N-dealkylation sites (tertiary alicyclic amines) is 1. The largest absolute Gasteiger partial charge is 0.491 e. The van der Waals surface area contributed by atoms with Crippen molar-refractivity contribution in [1.29, 1.82) is 0 Å². The van der Waals surface area contributed by atoms with E-state index in [-0.39, 0.29) is 18.1 Å². The number of rotatable bonds is 7. The molecular formula is C22H28N2O5. The summed E-state index contributed by atoms with van der Waals surface area (Å²) in [4.78, 5) is 16.9. The molecule has 1 unspecified atom stereocenters. The van der Waals surface area contributed by atoms with Gasteiger partial charge in [-0.1, -0.05) is 12.7 Å². The van der Waals surface area contributed by atoms with Gasteiger partial charge in [-0.3, -0.25) is 9.69 Å². The van der Waals surface area contributed by atoms with Crippen LogP contribution >= 0.6 is 0 Å². The Morgan fingerprint density at radius 3 is 2.86 bits per heavy atom. The Labute approximate surface area is 170 Å². The third-order valence-corrected chi connectivity index (χ3v) is 5.76. The van der Waals surface area contributed by atoms with Gasteiger partial charge >= 0.3 is 0 Å². The number of benzene rings is 1. The molecule has 0 radical (unpaired) electrons. The molecule has 0 saturated carbocycles. The number of anilines is 1. The van der Waals surface area contributed by atoms with Crippen LogP contribution in [-0.4, -0.2) is 68.7 Å². The third kappa shape index (κ3) is 4.17. The summed E-state index contributed by atoms with van der Waals surface area (Å²) in [5.74, 6) is 1.20. The number of hydrogen-bond acceptors (Lipinski definition) is 7. The Morgan fingerprint density at radius 2 is 2.10 bits per heavy atom. The summed E-state index contributed by atoms with van der Waals surface area (Å²) in [6.45, 7) is 8.93. The van der Waals surface area contributed by atoms with Gasteiger partial charge in [0.15, 0.2) is 16.9 Å². The maximum absolute atomic E-state index is 12.7. The molecule has 1 aromatic heterocycles. The van der Waals surface area contributed by atoms with E-state index in [9.17, 15) is 9.90 Å². The Morgan fingerprint density at radius 1 is 1.28 bits per heavy atom. The summed E-state index contributed by atoms with van der Waals surface area (Å²) in [5.41, 5.74) is 1.11. The Bertz CT molecular complexity index is 919. The van der Waals surface area contributed by atoms with Crippen LogP contribution in [-0.2, 0) is 4.74 Å². The SMILES string of the molecule is C=Cc1c(OCCN2CCCC2CO)ccc2c(=O)cc(N3CCOCC3)oc12. The van der Waals surface area contributed by atoms with Crippen LogP contribution in [0.1, 0.15) is 18.4 Å². The number of ether oxygens (including phenoxy) is 2. The molecule has 7 heteroatoms. The lowest BCUT2D eigenvalue weighted by Gasteiger charge is -2.27. The van der Waals surface area contributed by atoms with Crippen LogP contribution in [0.4, 0.5) is 5.88 Å². The highest BCUT2D eigenvalue weighted by atomic mass is 16.5. The summed E-state index contributed by atoms with van der Waals surface area (Å²) in [7, 11) is 0. The standard InChI is InChI=1S/C22H28N2O5/c1-2-17-20(28-13-10-23-7-3-4-16(23)15-25)6-5-18-19(26)14-21(29-22(17)18)24-8-11-27-12-9-24/h2,5-6,14,16,25H,1,3-4,7-13,15H2. The van der Waals surface area contributed by atoms with E-state index in [2.05, 4.69) is 11.5 Å². The van der Waals surface area contributed by atoms with Crippen molar-refractivity contribution in [3.05, 3.63) is 40.6 Å². The van der Waals surface area contributed by atoms with Crippen molar-refractivity contribution in [3.8, 4) is 5.75 Å². The quantitative estimate of drug-likeness (QED) is 0.763. The van der Waals surface area contributed by atoms with Gasteiger partial charge in [-0.05, 0) is 31.5 Å². The van der Waals surface area contributed by atoms with Crippen molar-refractivity contribution in [2.75, 3.05) is 57.5 Å². The molecule has 3 heterocycles. The van der Waals surface area contributed by atoms with Gasteiger partial charge < -0.3 is 23.9 Å². The topological polar surface area (TPSA) is 75.4 Å². The Kier molecular flexibility index (Phi) is 6.18. The average molecular weight is 400 g/mol. The molecule has 2 aromatic rings. The summed E-state index contributed by atoms with van der Waals surface area (Å²) in [6.07, 6.45) is 3.81. The molecule has 0 amide bonds. The van der Waals surface area contributed by atoms with Crippen LogP contribution in [0, 0.1) is 0 Å². The lowest BCUT2D eigenvalue weighted by molar-refractivity contribution is 0.121. The van der Waals surface area contributed by atoms with Crippen LogP contribution in [0.25, 0.3) is 17.0 Å². The van der Waals surface area contributed by atoms with Crippen molar-refractivity contribution < 1.29 is 19.0 Å². The van der Waals surface area contributed by atoms with Crippen molar-refractivity contribution in [3.63, 3.8) is 0 Å². The van der Waals surface area contributed by atoms with Crippen LogP contribution in [0.3, 0.4) is 0 Å². The predicted molar refractivity (Wildman–Crippen MR) is 113 cm³/mol. The van der Waals surface area contributed by atoms with E-state index in [0.29, 0.717) is 61.1 Å². The van der Waals surface area contributed by atoms with E-state index in [1.165, 1.54) is 0 Å². The number of hydrogen-bond donors (Lipinski definition) is 1. The van der Waals surface area contributed by atoms with Crippen LogP contribution in [0.15, 0.2) is 34.0 Å². The number of aliphatic hydroxyl groups is 1. The number of fused-ring (bicyclic) bond motifs is 1. The summed E-state index contributed by atoms with van der Waals surface area (Å²) >= 11 is 0. The molecule has 1 aromatic carbocycles. The predicted octanol–water partition coefficient (Wildman–Crippen LogP) is 2.11. The molecule has 2 saturated heterocycles. The molecule has 0 spiro atoms. The highest BCUT2D eigenvalue weighted by Gasteiger charge is 2.23. The fourth-order valence-corrected chi connectivity index (χ4v) is 4.14. The molecule has 7 nitrogen and oxygen atoms in total. The number of aliphatic hydroxyl groups excluding tert-OH is 1. The summed E-state index contributed by atoms with van der Waals surface area (Å²) < 4.78 is 17.5. The second-order valence-corrected chi connectivity index (χ2v) is 7.47. The Hall–Kier alpha value is -2.35. The second-order valence-electron chi connectivity index (χ2n) is 7.47. The first kappa shape index (κ1) is 19.9.